The normalized spacial score (nSPS) is 11.8. The number of allylic oxidation sites excluding steroid dienone is 1. The molecule has 0 radical (unpaired) electrons. The van der Waals surface area contributed by atoms with Crippen LogP contribution in [0, 0.1) is 6.92 Å². The van der Waals surface area contributed by atoms with Crippen LogP contribution in [0.3, 0.4) is 0 Å². The fraction of sp³-hybridized carbons (Fsp3) is 0.400. The Morgan fingerprint density at radius 1 is 1.46 bits per heavy atom. The van der Waals surface area contributed by atoms with E-state index in [4.69, 9.17) is 5.11 Å². The van der Waals surface area contributed by atoms with Gasteiger partial charge in [0.05, 0.1) is 0 Å². The van der Waals surface area contributed by atoms with E-state index in [9.17, 15) is 0 Å². The van der Waals surface area contributed by atoms with Crippen LogP contribution in [0.5, 0.6) is 0 Å². The fourth-order valence-corrected chi connectivity index (χ4v) is 0.969. The predicted molar refractivity (Wildman–Crippen MR) is 52.1 cm³/mol. The van der Waals surface area contributed by atoms with Crippen LogP contribution in [0.25, 0.3) is 5.57 Å². The van der Waals surface area contributed by atoms with Crippen LogP contribution in [-0.2, 0) is 0 Å². The third-order valence-electron chi connectivity index (χ3n) is 1.71. The summed E-state index contributed by atoms with van der Waals surface area (Å²) in [6.45, 7) is 4.07. The number of aromatic nitrogens is 2. The van der Waals surface area contributed by atoms with E-state index in [1.54, 1.807) is 12.4 Å². The molecular formula is C10H14N2O. The van der Waals surface area contributed by atoms with Gasteiger partial charge in [0.1, 0.15) is 0 Å². The van der Waals surface area contributed by atoms with Crippen molar-refractivity contribution < 1.29 is 5.11 Å². The van der Waals surface area contributed by atoms with Crippen LogP contribution in [-0.4, -0.2) is 21.7 Å². The molecule has 0 saturated carbocycles. The van der Waals surface area contributed by atoms with Gasteiger partial charge in [0.2, 0.25) is 0 Å². The summed E-state index contributed by atoms with van der Waals surface area (Å²) < 4.78 is 0. The number of aliphatic hydroxyl groups excluding tert-OH is 1. The molecule has 1 rings (SSSR count). The van der Waals surface area contributed by atoms with E-state index in [2.05, 4.69) is 9.97 Å². The van der Waals surface area contributed by atoms with E-state index in [0.717, 1.165) is 17.0 Å². The van der Waals surface area contributed by atoms with E-state index < -0.39 is 0 Å². The van der Waals surface area contributed by atoms with Crippen LogP contribution in [0.15, 0.2) is 18.5 Å². The van der Waals surface area contributed by atoms with Gasteiger partial charge in [-0.2, -0.15) is 0 Å². The molecule has 13 heavy (non-hydrogen) atoms. The fourth-order valence-electron chi connectivity index (χ4n) is 0.969. The zero-order chi connectivity index (χ0) is 9.68. The minimum Gasteiger partial charge on any atom is -0.396 e. The first-order valence-electron chi connectivity index (χ1n) is 4.30. The quantitative estimate of drug-likeness (QED) is 0.764. The van der Waals surface area contributed by atoms with Crippen LogP contribution in [0.2, 0.25) is 0 Å². The molecule has 0 saturated heterocycles. The Labute approximate surface area is 78.2 Å². The van der Waals surface area contributed by atoms with Gasteiger partial charge >= 0.3 is 0 Å². The molecule has 0 aliphatic rings. The molecule has 0 spiro atoms. The molecule has 70 valence electrons. The van der Waals surface area contributed by atoms with Gasteiger partial charge in [-0.05, 0) is 31.4 Å². The average Bonchev–Trinajstić information content (AvgIpc) is 2.15. The van der Waals surface area contributed by atoms with E-state index in [1.165, 1.54) is 0 Å². The SMILES string of the molecule is C/C(=C\CCO)c1ncc(C)cn1. The zero-order valence-electron chi connectivity index (χ0n) is 7.99. The van der Waals surface area contributed by atoms with Crippen LogP contribution < -0.4 is 0 Å². The van der Waals surface area contributed by atoms with Crippen LogP contribution in [0.1, 0.15) is 24.7 Å². The maximum atomic E-state index is 8.62. The Morgan fingerprint density at radius 3 is 2.62 bits per heavy atom. The number of rotatable bonds is 3. The molecule has 0 aromatic carbocycles. The highest BCUT2D eigenvalue weighted by molar-refractivity contribution is 5.56. The first-order chi connectivity index (χ1) is 6.24. The van der Waals surface area contributed by atoms with Crippen molar-refractivity contribution in [3.63, 3.8) is 0 Å². The topological polar surface area (TPSA) is 46.0 Å². The Balaban J connectivity index is 2.77. The summed E-state index contributed by atoms with van der Waals surface area (Å²) >= 11 is 0. The van der Waals surface area contributed by atoms with Crippen LogP contribution >= 0.6 is 0 Å². The van der Waals surface area contributed by atoms with E-state index >= 15 is 0 Å². The average molecular weight is 178 g/mol. The molecule has 3 heteroatoms. The number of aryl methyl sites for hydroxylation is 1. The Bertz CT molecular complexity index is 290. The minimum atomic E-state index is 0.170. The van der Waals surface area contributed by atoms with Crippen LogP contribution in [0.4, 0.5) is 0 Å². The maximum absolute atomic E-state index is 8.62. The highest BCUT2D eigenvalue weighted by Gasteiger charge is 1.96. The van der Waals surface area contributed by atoms with Gasteiger partial charge in [-0.3, -0.25) is 0 Å². The monoisotopic (exact) mass is 178 g/mol. The van der Waals surface area contributed by atoms with Gasteiger partial charge in [-0.1, -0.05) is 6.08 Å². The van der Waals surface area contributed by atoms with Crippen molar-refractivity contribution in [1.82, 2.24) is 9.97 Å². The third kappa shape index (κ3) is 2.95. The molecular weight excluding hydrogens is 164 g/mol. The molecule has 0 amide bonds. The summed E-state index contributed by atoms with van der Waals surface area (Å²) in [4.78, 5) is 8.34. The molecule has 0 bridgehead atoms. The lowest BCUT2D eigenvalue weighted by atomic mass is 10.2. The summed E-state index contributed by atoms with van der Waals surface area (Å²) in [6.07, 6.45) is 6.17. The Morgan fingerprint density at radius 2 is 2.08 bits per heavy atom. The van der Waals surface area contributed by atoms with Gasteiger partial charge in [-0.15, -0.1) is 0 Å². The molecule has 1 aromatic heterocycles. The maximum Gasteiger partial charge on any atom is 0.154 e. The minimum absolute atomic E-state index is 0.170. The summed E-state index contributed by atoms with van der Waals surface area (Å²) in [5.41, 5.74) is 2.06. The molecule has 0 aliphatic heterocycles. The lowest BCUT2D eigenvalue weighted by molar-refractivity contribution is 0.303. The molecule has 3 nitrogen and oxygen atoms in total. The third-order valence-corrected chi connectivity index (χ3v) is 1.71. The largest absolute Gasteiger partial charge is 0.396 e. The van der Waals surface area contributed by atoms with Crippen molar-refractivity contribution in [3.8, 4) is 0 Å². The standard InChI is InChI=1S/C10H14N2O/c1-8-6-11-10(12-7-8)9(2)4-3-5-13/h4,6-7,13H,3,5H2,1-2H3/b9-4+. The van der Waals surface area contributed by atoms with Crippen molar-refractivity contribution in [1.29, 1.82) is 0 Å². The van der Waals surface area contributed by atoms with Crippen molar-refractivity contribution in [2.75, 3.05) is 6.61 Å². The molecule has 0 unspecified atom stereocenters. The van der Waals surface area contributed by atoms with Gasteiger partial charge in [-0.25, -0.2) is 9.97 Å². The number of hydrogen-bond acceptors (Lipinski definition) is 3. The first-order valence-corrected chi connectivity index (χ1v) is 4.30. The highest BCUT2D eigenvalue weighted by Crippen LogP contribution is 2.08. The van der Waals surface area contributed by atoms with Crippen molar-refractivity contribution in [2.24, 2.45) is 0 Å². The lowest BCUT2D eigenvalue weighted by Crippen LogP contribution is -1.92. The molecule has 1 aromatic rings. The molecule has 1 heterocycles. The second kappa shape index (κ2) is 4.72. The van der Waals surface area contributed by atoms with Gasteiger partial charge in [0, 0.05) is 19.0 Å². The number of aliphatic hydroxyl groups is 1. The summed E-state index contributed by atoms with van der Waals surface area (Å²) in [6, 6.07) is 0. The smallest absolute Gasteiger partial charge is 0.154 e. The van der Waals surface area contributed by atoms with Gasteiger partial charge < -0.3 is 5.11 Å². The molecule has 0 aliphatic carbocycles. The van der Waals surface area contributed by atoms with Crippen molar-refractivity contribution in [3.05, 3.63) is 29.9 Å². The second-order valence-corrected chi connectivity index (χ2v) is 2.98. The zero-order valence-corrected chi connectivity index (χ0v) is 7.99. The van der Waals surface area contributed by atoms with E-state index in [0.29, 0.717) is 6.42 Å². The number of nitrogens with zero attached hydrogens (tertiary/aromatic N) is 2. The van der Waals surface area contributed by atoms with Crippen molar-refractivity contribution >= 4 is 5.57 Å². The lowest BCUT2D eigenvalue weighted by Gasteiger charge is -1.99. The first kappa shape index (κ1) is 9.86. The predicted octanol–water partition coefficient (Wildman–Crippen LogP) is 1.57. The Hall–Kier alpha value is -1.22. The van der Waals surface area contributed by atoms with Gasteiger partial charge in [0.25, 0.3) is 0 Å². The summed E-state index contributed by atoms with van der Waals surface area (Å²) in [5, 5.41) is 8.62. The van der Waals surface area contributed by atoms with E-state index in [-0.39, 0.29) is 6.61 Å². The Kier molecular flexibility index (Phi) is 3.58. The highest BCUT2D eigenvalue weighted by atomic mass is 16.2. The molecule has 0 fully saturated rings. The van der Waals surface area contributed by atoms with E-state index in [1.807, 2.05) is 19.9 Å². The van der Waals surface area contributed by atoms with Gasteiger partial charge in [0.15, 0.2) is 5.82 Å². The summed E-state index contributed by atoms with van der Waals surface area (Å²) in [7, 11) is 0. The molecule has 0 atom stereocenters. The van der Waals surface area contributed by atoms with Crippen molar-refractivity contribution in [2.45, 2.75) is 20.3 Å². The second-order valence-electron chi connectivity index (χ2n) is 2.98. The number of hydrogen-bond donors (Lipinski definition) is 1. The molecule has 1 N–H and O–H groups in total. The summed E-state index contributed by atoms with van der Waals surface area (Å²) in [5.74, 6) is 0.735.